The van der Waals surface area contributed by atoms with Crippen molar-refractivity contribution in [2.45, 2.75) is 26.2 Å². The van der Waals surface area contributed by atoms with Gasteiger partial charge in [-0.3, -0.25) is 0 Å². The molecule has 1 aliphatic rings. The minimum Gasteiger partial charge on any atom is -0.316 e. The largest absolute Gasteiger partial charge is 0.316 e. The first-order valence-electron chi connectivity index (χ1n) is 5.59. The lowest BCUT2D eigenvalue weighted by molar-refractivity contribution is 0.307. The molecule has 0 aromatic heterocycles. The van der Waals surface area contributed by atoms with E-state index in [2.05, 4.69) is 42.6 Å². The van der Waals surface area contributed by atoms with Crippen LogP contribution >= 0.6 is 12.4 Å². The molecule has 1 aliphatic heterocycles. The Balaban J connectivity index is 0.00000112. The van der Waals surface area contributed by atoms with Crippen LogP contribution < -0.4 is 5.32 Å². The predicted molar refractivity (Wildman–Crippen MR) is 67.6 cm³/mol. The van der Waals surface area contributed by atoms with Gasteiger partial charge in [0.25, 0.3) is 0 Å². The molecule has 1 unspecified atom stereocenters. The first-order chi connectivity index (χ1) is 6.85. The van der Waals surface area contributed by atoms with E-state index in [1.54, 1.807) is 0 Å². The molecule has 1 aromatic carbocycles. The third-order valence-corrected chi connectivity index (χ3v) is 3.50. The van der Waals surface area contributed by atoms with Gasteiger partial charge in [-0.15, -0.1) is 12.4 Å². The number of nitrogens with one attached hydrogen (secondary N) is 1. The van der Waals surface area contributed by atoms with Crippen LogP contribution in [0.4, 0.5) is 0 Å². The molecule has 84 valence electrons. The molecule has 1 fully saturated rings. The molecule has 2 heteroatoms. The number of halogens is 1. The van der Waals surface area contributed by atoms with Gasteiger partial charge in [-0.1, -0.05) is 37.3 Å². The van der Waals surface area contributed by atoms with Crippen LogP contribution in [0, 0.1) is 5.41 Å². The highest BCUT2D eigenvalue weighted by Gasteiger charge is 2.31. The van der Waals surface area contributed by atoms with E-state index in [0.717, 1.165) is 0 Å². The van der Waals surface area contributed by atoms with Crippen LogP contribution in [0.5, 0.6) is 0 Å². The summed E-state index contributed by atoms with van der Waals surface area (Å²) in [5.41, 5.74) is 2.01. The Morgan fingerprint density at radius 3 is 2.53 bits per heavy atom. The molecule has 0 amide bonds. The molecule has 15 heavy (non-hydrogen) atoms. The van der Waals surface area contributed by atoms with Crippen LogP contribution in [-0.4, -0.2) is 13.1 Å². The van der Waals surface area contributed by atoms with Crippen molar-refractivity contribution in [3.8, 4) is 0 Å². The fourth-order valence-electron chi connectivity index (χ4n) is 2.40. The van der Waals surface area contributed by atoms with Gasteiger partial charge in [-0.05, 0) is 36.8 Å². The molecule has 0 aliphatic carbocycles. The van der Waals surface area contributed by atoms with Crippen molar-refractivity contribution in [2.75, 3.05) is 13.1 Å². The van der Waals surface area contributed by atoms with E-state index in [9.17, 15) is 0 Å². The Morgan fingerprint density at radius 1 is 1.27 bits per heavy atom. The topological polar surface area (TPSA) is 12.0 Å². The van der Waals surface area contributed by atoms with Gasteiger partial charge in [-0.25, -0.2) is 0 Å². The van der Waals surface area contributed by atoms with E-state index in [1.165, 1.54) is 37.9 Å². The number of benzene rings is 1. The summed E-state index contributed by atoms with van der Waals surface area (Å²) in [6, 6.07) is 10.9. The van der Waals surface area contributed by atoms with Crippen molar-refractivity contribution in [1.82, 2.24) is 5.32 Å². The summed E-state index contributed by atoms with van der Waals surface area (Å²) in [7, 11) is 0. The third kappa shape index (κ3) is 2.96. The van der Waals surface area contributed by atoms with Crippen molar-refractivity contribution in [1.29, 1.82) is 0 Å². The first-order valence-corrected chi connectivity index (χ1v) is 5.59. The summed E-state index contributed by atoms with van der Waals surface area (Å²) in [6.45, 7) is 4.70. The Bertz CT molecular complexity index is 278. The molecule has 0 bridgehead atoms. The number of hydrogen-bond acceptors (Lipinski definition) is 1. The summed E-state index contributed by atoms with van der Waals surface area (Å²) in [5.74, 6) is 0. The zero-order chi connectivity index (χ0) is 9.86. The van der Waals surface area contributed by atoms with E-state index in [-0.39, 0.29) is 12.4 Å². The van der Waals surface area contributed by atoms with Gasteiger partial charge >= 0.3 is 0 Å². The summed E-state index contributed by atoms with van der Waals surface area (Å²) in [5, 5.41) is 3.48. The fraction of sp³-hybridized carbons (Fsp3) is 0.538. The van der Waals surface area contributed by atoms with E-state index in [1.807, 2.05) is 0 Å². The smallest absolute Gasteiger partial charge is 0.00114 e. The Kier molecular flexibility index (Phi) is 4.62. The van der Waals surface area contributed by atoms with Crippen molar-refractivity contribution >= 4 is 12.4 Å². The highest BCUT2D eigenvalue weighted by atomic mass is 35.5. The predicted octanol–water partition coefficient (Wildman–Crippen LogP) is 3.04. The molecular weight excluding hydrogens is 206 g/mol. The standard InChI is InChI=1S/C13H19N.ClH/c1-2-13(8-9-14-11-13)10-12-6-4-3-5-7-12;/h3-7,14H,2,8-11H2,1H3;1H. The summed E-state index contributed by atoms with van der Waals surface area (Å²) in [4.78, 5) is 0. The van der Waals surface area contributed by atoms with Gasteiger partial charge in [0.05, 0.1) is 0 Å². The molecule has 0 saturated carbocycles. The molecule has 0 spiro atoms. The second-order valence-corrected chi connectivity index (χ2v) is 4.44. The van der Waals surface area contributed by atoms with E-state index < -0.39 is 0 Å². The molecule has 2 rings (SSSR count). The van der Waals surface area contributed by atoms with Crippen LogP contribution in [0.15, 0.2) is 30.3 Å². The van der Waals surface area contributed by atoms with Crippen molar-refractivity contribution in [2.24, 2.45) is 5.41 Å². The van der Waals surface area contributed by atoms with Crippen molar-refractivity contribution < 1.29 is 0 Å². The van der Waals surface area contributed by atoms with Gasteiger partial charge < -0.3 is 5.32 Å². The summed E-state index contributed by atoms with van der Waals surface area (Å²) in [6.07, 6.45) is 3.85. The minimum absolute atomic E-state index is 0. The first kappa shape index (κ1) is 12.5. The quantitative estimate of drug-likeness (QED) is 0.834. The highest BCUT2D eigenvalue weighted by molar-refractivity contribution is 5.85. The molecule has 1 saturated heterocycles. The Hall–Kier alpha value is -0.530. The average molecular weight is 226 g/mol. The van der Waals surface area contributed by atoms with Gasteiger partial charge in [0.2, 0.25) is 0 Å². The molecule has 1 aromatic rings. The summed E-state index contributed by atoms with van der Waals surface area (Å²) < 4.78 is 0. The van der Waals surface area contributed by atoms with Crippen LogP contribution in [0.1, 0.15) is 25.3 Å². The molecule has 1 nitrogen and oxygen atoms in total. The highest BCUT2D eigenvalue weighted by Crippen LogP contribution is 2.33. The SMILES string of the molecule is CCC1(Cc2ccccc2)CCNC1.Cl. The normalized spacial score (nSPS) is 24.9. The lowest BCUT2D eigenvalue weighted by atomic mass is 9.78. The average Bonchev–Trinajstić information content (AvgIpc) is 2.69. The van der Waals surface area contributed by atoms with Crippen LogP contribution in [0.2, 0.25) is 0 Å². The third-order valence-electron chi connectivity index (χ3n) is 3.50. The van der Waals surface area contributed by atoms with Crippen LogP contribution in [0.3, 0.4) is 0 Å². The lowest BCUT2D eigenvalue weighted by Gasteiger charge is -2.26. The second-order valence-electron chi connectivity index (χ2n) is 4.44. The zero-order valence-corrected chi connectivity index (χ0v) is 10.1. The van der Waals surface area contributed by atoms with Gasteiger partial charge in [0.15, 0.2) is 0 Å². The van der Waals surface area contributed by atoms with E-state index in [0.29, 0.717) is 5.41 Å². The maximum atomic E-state index is 3.48. The van der Waals surface area contributed by atoms with Crippen molar-refractivity contribution in [3.05, 3.63) is 35.9 Å². The van der Waals surface area contributed by atoms with E-state index in [4.69, 9.17) is 0 Å². The minimum atomic E-state index is 0. The Morgan fingerprint density at radius 2 is 2.00 bits per heavy atom. The van der Waals surface area contributed by atoms with Crippen LogP contribution in [-0.2, 0) is 6.42 Å². The Labute approximate surface area is 98.7 Å². The maximum absolute atomic E-state index is 3.48. The zero-order valence-electron chi connectivity index (χ0n) is 9.33. The van der Waals surface area contributed by atoms with Gasteiger partial charge in [0.1, 0.15) is 0 Å². The van der Waals surface area contributed by atoms with E-state index >= 15 is 0 Å². The molecule has 1 heterocycles. The monoisotopic (exact) mass is 225 g/mol. The number of rotatable bonds is 3. The van der Waals surface area contributed by atoms with Gasteiger partial charge in [-0.2, -0.15) is 0 Å². The molecular formula is C13H20ClN. The van der Waals surface area contributed by atoms with Gasteiger partial charge in [0, 0.05) is 6.54 Å². The van der Waals surface area contributed by atoms with Crippen LogP contribution in [0.25, 0.3) is 0 Å². The lowest BCUT2D eigenvalue weighted by Crippen LogP contribution is -2.25. The van der Waals surface area contributed by atoms with Crippen molar-refractivity contribution in [3.63, 3.8) is 0 Å². The molecule has 1 atom stereocenters. The fourth-order valence-corrected chi connectivity index (χ4v) is 2.40. The maximum Gasteiger partial charge on any atom is 0.00114 e. The number of hydrogen-bond donors (Lipinski definition) is 1. The second kappa shape index (κ2) is 5.53. The summed E-state index contributed by atoms with van der Waals surface area (Å²) >= 11 is 0. The molecule has 1 N–H and O–H groups in total. The molecule has 0 radical (unpaired) electrons.